The quantitative estimate of drug-likeness (QED) is 0.834. The first-order valence-electron chi connectivity index (χ1n) is 7.36. The maximum Gasteiger partial charge on any atom is 0.490 e. The fourth-order valence-electron chi connectivity index (χ4n) is 2.15. The van der Waals surface area contributed by atoms with Gasteiger partial charge in [0.15, 0.2) is 0 Å². The first-order chi connectivity index (χ1) is 10.7. The van der Waals surface area contributed by atoms with Crippen molar-refractivity contribution in [3.63, 3.8) is 0 Å². The molecule has 2 N–H and O–H groups in total. The molecule has 1 aromatic carbocycles. The lowest BCUT2D eigenvalue weighted by Crippen LogP contribution is -2.34. The molecule has 7 heteroatoms. The first kappa shape index (κ1) is 17.2. The summed E-state index contributed by atoms with van der Waals surface area (Å²) in [5, 5.41) is 19.7. The van der Waals surface area contributed by atoms with Crippen LogP contribution in [0.25, 0.3) is 10.9 Å². The Labute approximate surface area is 135 Å². The number of para-hydroxylation sites is 1. The molecule has 0 fully saturated rings. The molecule has 0 unspecified atom stereocenters. The fraction of sp³-hybridized carbons (Fsp3) is 0.375. The number of carbonyl (C=O) groups excluding carboxylic acids is 1. The topological polar surface area (TPSA) is 82.9 Å². The highest BCUT2D eigenvalue weighted by molar-refractivity contribution is 6.61. The highest BCUT2D eigenvalue weighted by Crippen LogP contribution is 2.14. The molecule has 0 bridgehead atoms. The number of ether oxygens (including phenoxy) is 1. The molecule has 0 saturated heterocycles. The molecule has 1 aromatic heterocycles. The molecule has 2 rings (SSSR count). The molecule has 0 spiro atoms. The first-order valence-corrected chi connectivity index (χ1v) is 7.36. The standard InChI is InChI=1S/C16H21BN2O4/c1-16(2,3)23-15(20)19(4)10-12-9-8-11-6-5-7-13(17(21)22)14(11)18-12/h5-9,21-22H,10H2,1-4H3. The summed E-state index contributed by atoms with van der Waals surface area (Å²) in [6, 6.07) is 8.84. The van der Waals surface area contributed by atoms with Crippen LogP contribution >= 0.6 is 0 Å². The lowest BCUT2D eigenvalue weighted by Gasteiger charge is -2.24. The van der Waals surface area contributed by atoms with Gasteiger partial charge in [-0.2, -0.15) is 0 Å². The Morgan fingerprint density at radius 3 is 2.57 bits per heavy atom. The summed E-state index contributed by atoms with van der Waals surface area (Å²) < 4.78 is 5.30. The summed E-state index contributed by atoms with van der Waals surface area (Å²) in [7, 11) is 0.0391. The van der Waals surface area contributed by atoms with Crippen LogP contribution in [0.1, 0.15) is 26.5 Å². The second kappa shape index (κ2) is 6.56. The predicted molar refractivity (Wildman–Crippen MR) is 89.3 cm³/mol. The highest BCUT2D eigenvalue weighted by Gasteiger charge is 2.20. The second-order valence-corrected chi connectivity index (χ2v) is 6.43. The van der Waals surface area contributed by atoms with E-state index in [-0.39, 0.29) is 6.54 Å². The van der Waals surface area contributed by atoms with E-state index in [1.165, 1.54) is 4.90 Å². The molecule has 1 heterocycles. The number of carbonyl (C=O) groups is 1. The Balaban J connectivity index is 2.24. The minimum Gasteiger partial charge on any atom is -0.444 e. The average molecular weight is 316 g/mol. The van der Waals surface area contributed by atoms with Gasteiger partial charge < -0.3 is 19.7 Å². The zero-order chi connectivity index (χ0) is 17.2. The minimum atomic E-state index is -1.59. The van der Waals surface area contributed by atoms with Crippen molar-refractivity contribution in [3.05, 3.63) is 36.0 Å². The van der Waals surface area contributed by atoms with E-state index < -0.39 is 18.8 Å². The molecule has 1 amide bonds. The maximum absolute atomic E-state index is 12.0. The Morgan fingerprint density at radius 2 is 1.96 bits per heavy atom. The normalized spacial score (nSPS) is 11.4. The van der Waals surface area contributed by atoms with E-state index >= 15 is 0 Å². The van der Waals surface area contributed by atoms with Crippen LogP contribution in [0.2, 0.25) is 0 Å². The summed E-state index contributed by atoms with van der Waals surface area (Å²) in [4.78, 5) is 17.9. The Kier molecular flexibility index (Phi) is 4.92. The highest BCUT2D eigenvalue weighted by atomic mass is 16.6. The molecule has 6 nitrogen and oxygen atoms in total. The zero-order valence-electron chi connectivity index (χ0n) is 13.8. The van der Waals surface area contributed by atoms with Gasteiger partial charge >= 0.3 is 13.2 Å². The molecule has 0 saturated carbocycles. The van der Waals surface area contributed by atoms with E-state index in [2.05, 4.69) is 4.98 Å². The van der Waals surface area contributed by atoms with Gasteiger partial charge in [0.25, 0.3) is 0 Å². The molecule has 0 aliphatic heterocycles. The molecule has 0 atom stereocenters. The zero-order valence-corrected chi connectivity index (χ0v) is 13.8. The van der Waals surface area contributed by atoms with Crippen molar-refractivity contribution in [2.45, 2.75) is 32.9 Å². The number of benzene rings is 1. The summed E-state index contributed by atoms with van der Waals surface area (Å²) in [6.07, 6.45) is -0.435. The van der Waals surface area contributed by atoms with Crippen molar-refractivity contribution in [2.75, 3.05) is 7.05 Å². The lowest BCUT2D eigenvalue weighted by atomic mass is 9.79. The summed E-state index contributed by atoms with van der Waals surface area (Å²) in [6.45, 7) is 5.69. The van der Waals surface area contributed by atoms with Crippen LogP contribution in [0, 0.1) is 0 Å². The largest absolute Gasteiger partial charge is 0.490 e. The Morgan fingerprint density at radius 1 is 1.26 bits per heavy atom. The number of pyridine rings is 1. The van der Waals surface area contributed by atoms with Crippen LogP contribution in [0.4, 0.5) is 4.79 Å². The molecule has 0 aliphatic carbocycles. The number of hydrogen-bond donors (Lipinski definition) is 2. The van der Waals surface area contributed by atoms with Crippen molar-refractivity contribution >= 4 is 29.6 Å². The van der Waals surface area contributed by atoms with Crippen molar-refractivity contribution in [2.24, 2.45) is 0 Å². The predicted octanol–water partition coefficient (Wildman–Crippen LogP) is 1.28. The van der Waals surface area contributed by atoms with E-state index in [4.69, 9.17) is 4.74 Å². The monoisotopic (exact) mass is 316 g/mol. The Hall–Kier alpha value is -2.12. The van der Waals surface area contributed by atoms with Crippen LogP contribution in [0.3, 0.4) is 0 Å². The number of hydrogen-bond acceptors (Lipinski definition) is 5. The number of aromatic nitrogens is 1. The van der Waals surface area contributed by atoms with Gasteiger partial charge in [0, 0.05) is 12.5 Å². The third-order valence-corrected chi connectivity index (χ3v) is 3.19. The van der Waals surface area contributed by atoms with Gasteiger partial charge in [0.1, 0.15) is 5.60 Å². The van der Waals surface area contributed by atoms with Crippen molar-refractivity contribution in [3.8, 4) is 0 Å². The third-order valence-electron chi connectivity index (χ3n) is 3.19. The molecule has 122 valence electrons. The van der Waals surface area contributed by atoms with Crippen LogP contribution in [0.15, 0.2) is 30.3 Å². The SMILES string of the molecule is CN(Cc1ccc2cccc(B(O)O)c2n1)C(=O)OC(C)(C)C. The number of fused-ring (bicyclic) bond motifs is 1. The van der Waals surface area contributed by atoms with E-state index in [0.29, 0.717) is 16.7 Å². The summed E-state index contributed by atoms with van der Waals surface area (Å²) in [5.41, 5.74) is 0.928. The molecule has 23 heavy (non-hydrogen) atoms. The van der Waals surface area contributed by atoms with E-state index in [1.807, 2.05) is 32.9 Å². The van der Waals surface area contributed by atoms with Crippen LogP contribution in [-0.2, 0) is 11.3 Å². The fourth-order valence-corrected chi connectivity index (χ4v) is 2.15. The number of rotatable bonds is 3. The van der Waals surface area contributed by atoms with Crippen LogP contribution in [0.5, 0.6) is 0 Å². The molecular formula is C16H21BN2O4. The molecule has 2 aromatic rings. The smallest absolute Gasteiger partial charge is 0.444 e. The van der Waals surface area contributed by atoms with E-state index in [9.17, 15) is 14.8 Å². The average Bonchev–Trinajstić information content (AvgIpc) is 2.44. The van der Waals surface area contributed by atoms with Crippen LogP contribution in [-0.4, -0.2) is 45.8 Å². The van der Waals surface area contributed by atoms with Gasteiger partial charge in [-0.1, -0.05) is 24.3 Å². The second-order valence-electron chi connectivity index (χ2n) is 6.43. The number of nitrogens with zero attached hydrogens (tertiary/aromatic N) is 2. The van der Waals surface area contributed by atoms with Gasteiger partial charge in [-0.3, -0.25) is 4.98 Å². The van der Waals surface area contributed by atoms with Crippen LogP contribution < -0.4 is 5.46 Å². The van der Waals surface area contributed by atoms with Crippen molar-refractivity contribution < 1.29 is 19.6 Å². The minimum absolute atomic E-state index is 0.265. The van der Waals surface area contributed by atoms with E-state index in [1.54, 1.807) is 25.2 Å². The number of amides is 1. The molecular weight excluding hydrogens is 295 g/mol. The summed E-state index contributed by atoms with van der Waals surface area (Å²) >= 11 is 0. The summed E-state index contributed by atoms with van der Waals surface area (Å²) in [5.74, 6) is 0. The molecule has 0 radical (unpaired) electrons. The third kappa shape index (κ3) is 4.43. The van der Waals surface area contributed by atoms with Crippen molar-refractivity contribution in [1.29, 1.82) is 0 Å². The molecule has 0 aliphatic rings. The van der Waals surface area contributed by atoms with Gasteiger partial charge in [-0.15, -0.1) is 0 Å². The van der Waals surface area contributed by atoms with Gasteiger partial charge in [0.2, 0.25) is 0 Å². The van der Waals surface area contributed by atoms with Crippen molar-refractivity contribution in [1.82, 2.24) is 9.88 Å². The van der Waals surface area contributed by atoms with Gasteiger partial charge in [-0.05, 0) is 32.2 Å². The lowest BCUT2D eigenvalue weighted by molar-refractivity contribution is 0.0283. The Bertz CT molecular complexity index is 713. The maximum atomic E-state index is 12.0. The van der Waals surface area contributed by atoms with Gasteiger partial charge in [0.05, 0.1) is 17.8 Å². The van der Waals surface area contributed by atoms with E-state index in [0.717, 1.165) is 5.39 Å². The van der Waals surface area contributed by atoms with Gasteiger partial charge in [-0.25, -0.2) is 4.79 Å².